The highest BCUT2D eigenvalue weighted by Gasteiger charge is 2.33. The first kappa shape index (κ1) is 19.9. The van der Waals surface area contributed by atoms with E-state index in [-0.39, 0.29) is 11.8 Å². The zero-order valence-corrected chi connectivity index (χ0v) is 17.5. The molecule has 0 radical (unpaired) electrons. The molecule has 0 saturated carbocycles. The van der Waals surface area contributed by atoms with Crippen molar-refractivity contribution in [1.29, 1.82) is 0 Å². The Kier molecular flexibility index (Phi) is 6.16. The van der Waals surface area contributed by atoms with Crippen molar-refractivity contribution < 1.29 is 9.53 Å². The molecular formula is C24H31N3O2. The number of amides is 1. The number of carbonyl (C=O) groups is 1. The highest BCUT2D eigenvalue weighted by Crippen LogP contribution is 2.41. The highest BCUT2D eigenvalue weighted by molar-refractivity contribution is 5.88. The van der Waals surface area contributed by atoms with Gasteiger partial charge in [0.15, 0.2) is 0 Å². The molecule has 4 rings (SSSR count). The molecule has 154 valence electrons. The molecule has 5 heteroatoms. The molecule has 1 atom stereocenters. The average molecular weight is 394 g/mol. The largest absolute Gasteiger partial charge is 0.378 e. The van der Waals surface area contributed by atoms with Crippen LogP contribution in [0.15, 0.2) is 48.5 Å². The molecule has 2 heterocycles. The van der Waals surface area contributed by atoms with Gasteiger partial charge in [-0.05, 0) is 56.7 Å². The molecule has 2 aromatic carbocycles. The Morgan fingerprint density at radius 3 is 2.48 bits per heavy atom. The van der Waals surface area contributed by atoms with Gasteiger partial charge in [-0.2, -0.15) is 0 Å². The SMILES string of the molecule is CN(C)CCCN1c2ccccc2C[C@H](C(=O)N2CCOCC2)c2ccccc21. The van der Waals surface area contributed by atoms with Gasteiger partial charge in [-0.1, -0.05) is 36.4 Å². The van der Waals surface area contributed by atoms with E-state index in [1.165, 1.54) is 16.9 Å². The van der Waals surface area contributed by atoms with E-state index >= 15 is 0 Å². The molecule has 1 fully saturated rings. The Morgan fingerprint density at radius 1 is 1.03 bits per heavy atom. The molecule has 2 aromatic rings. The summed E-state index contributed by atoms with van der Waals surface area (Å²) in [6.45, 7) is 4.61. The van der Waals surface area contributed by atoms with Crippen LogP contribution in [0, 0.1) is 0 Å². The minimum atomic E-state index is -0.149. The van der Waals surface area contributed by atoms with Gasteiger partial charge in [0.05, 0.1) is 19.1 Å². The zero-order valence-electron chi connectivity index (χ0n) is 17.5. The molecule has 1 amide bonds. The van der Waals surface area contributed by atoms with E-state index in [0.717, 1.165) is 31.5 Å². The van der Waals surface area contributed by atoms with E-state index in [4.69, 9.17) is 4.74 Å². The fourth-order valence-corrected chi connectivity index (χ4v) is 4.44. The second kappa shape index (κ2) is 8.97. The van der Waals surface area contributed by atoms with Crippen LogP contribution in [0.1, 0.15) is 23.5 Å². The smallest absolute Gasteiger partial charge is 0.230 e. The van der Waals surface area contributed by atoms with Gasteiger partial charge in [0.1, 0.15) is 0 Å². The van der Waals surface area contributed by atoms with Crippen LogP contribution < -0.4 is 4.90 Å². The van der Waals surface area contributed by atoms with Crippen molar-refractivity contribution in [3.8, 4) is 0 Å². The normalized spacial score (nSPS) is 18.9. The predicted octanol–water partition coefficient (Wildman–Crippen LogP) is 3.27. The van der Waals surface area contributed by atoms with Crippen LogP contribution in [0.2, 0.25) is 0 Å². The maximum Gasteiger partial charge on any atom is 0.230 e. The van der Waals surface area contributed by atoms with Crippen LogP contribution in [-0.4, -0.2) is 69.2 Å². The van der Waals surface area contributed by atoms with E-state index < -0.39 is 0 Å². The standard InChI is InChI=1S/C24H31N3O2/c1-25(2)12-7-13-27-22-10-5-3-8-19(22)18-21(20-9-4-6-11-23(20)27)24(28)26-14-16-29-17-15-26/h3-6,8-11,21H,7,12-18H2,1-2H3/t21-/m0/s1. The van der Waals surface area contributed by atoms with E-state index in [9.17, 15) is 4.79 Å². The minimum absolute atomic E-state index is 0.149. The van der Waals surface area contributed by atoms with Gasteiger partial charge < -0.3 is 19.4 Å². The summed E-state index contributed by atoms with van der Waals surface area (Å²) in [7, 11) is 4.22. The molecule has 0 aromatic heterocycles. The van der Waals surface area contributed by atoms with E-state index in [0.29, 0.717) is 26.3 Å². The van der Waals surface area contributed by atoms with Crippen LogP contribution in [0.5, 0.6) is 0 Å². The fourth-order valence-electron chi connectivity index (χ4n) is 4.44. The van der Waals surface area contributed by atoms with Crippen molar-refractivity contribution in [2.45, 2.75) is 18.8 Å². The van der Waals surface area contributed by atoms with Crippen LogP contribution in [0.4, 0.5) is 11.4 Å². The van der Waals surface area contributed by atoms with E-state index in [1.807, 2.05) is 4.90 Å². The number of anilines is 2. The van der Waals surface area contributed by atoms with E-state index in [2.05, 4.69) is 72.4 Å². The number of para-hydroxylation sites is 2. The van der Waals surface area contributed by atoms with E-state index in [1.54, 1.807) is 0 Å². The van der Waals surface area contributed by atoms with Gasteiger partial charge >= 0.3 is 0 Å². The molecular weight excluding hydrogens is 362 g/mol. The topological polar surface area (TPSA) is 36.0 Å². The summed E-state index contributed by atoms with van der Waals surface area (Å²) in [5, 5.41) is 0. The van der Waals surface area contributed by atoms with Crippen molar-refractivity contribution in [2.75, 3.05) is 58.4 Å². The summed E-state index contributed by atoms with van der Waals surface area (Å²) in [6.07, 6.45) is 1.81. The first-order valence-corrected chi connectivity index (χ1v) is 10.6. The van der Waals surface area contributed by atoms with Crippen LogP contribution in [0.25, 0.3) is 0 Å². The first-order valence-electron chi connectivity index (χ1n) is 10.6. The van der Waals surface area contributed by atoms with Crippen LogP contribution in [-0.2, 0) is 16.0 Å². The number of nitrogens with zero attached hydrogens (tertiary/aromatic N) is 3. The van der Waals surface area contributed by atoms with Crippen LogP contribution >= 0.6 is 0 Å². The monoisotopic (exact) mass is 393 g/mol. The number of benzene rings is 2. The number of morpholine rings is 1. The molecule has 2 aliphatic heterocycles. The Balaban J connectivity index is 1.72. The van der Waals surface area contributed by atoms with Gasteiger partial charge in [-0.3, -0.25) is 4.79 Å². The van der Waals surface area contributed by atoms with Crippen molar-refractivity contribution in [2.24, 2.45) is 0 Å². The van der Waals surface area contributed by atoms with Gasteiger partial charge in [0, 0.05) is 31.0 Å². The molecule has 0 unspecified atom stereocenters. The maximum atomic E-state index is 13.5. The number of carbonyl (C=O) groups excluding carboxylic acids is 1. The van der Waals surface area contributed by atoms with Crippen molar-refractivity contribution in [3.63, 3.8) is 0 Å². The molecule has 0 spiro atoms. The second-order valence-corrected chi connectivity index (χ2v) is 8.19. The predicted molar refractivity (Wildman–Crippen MR) is 117 cm³/mol. The number of hydrogen-bond acceptors (Lipinski definition) is 4. The molecule has 0 N–H and O–H groups in total. The van der Waals surface area contributed by atoms with Crippen LogP contribution in [0.3, 0.4) is 0 Å². The number of hydrogen-bond donors (Lipinski definition) is 0. The maximum absolute atomic E-state index is 13.5. The lowest BCUT2D eigenvalue weighted by Gasteiger charge is -2.31. The first-order chi connectivity index (χ1) is 14.1. The van der Waals surface area contributed by atoms with Gasteiger partial charge in [0.25, 0.3) is 0 Å². The molecule has 0 aliphatic carbocycles. The second-order valence-electron chi connectivity index (χ2n) is 8.19. The van der Waals surface area contributed by atoms with Gasteiger partial charge in [-0.15, -0.1) is 0 Å². The van der Waals surface area contributed by atoms with Crippen molar-refractivity contribution >= 4 is 17.3 Å². The molecule has 2 aliphatic rings. The summed E-state index contributed by atoms with van der Waals surface area (Å²) in [5.74, 6) is 0.0787. The quantitative estimate of drug-likeness (QED) is 0.781. The Morgan fingerprint density at radius 2 is 1.72 bits per heavy atom. The summed E-state index contributed by atoms with van der Waals surface area (Å²) in [5.41, 5.74) is 4.80. The third kappa shape index (κ3) is 4.31. The summed E-state index contributed by atoms with van der Waals surface area (Å²) in [4.78, 5) is 20.2. The average Bonchev–Trinajstić information content (AvgIpc) is 2.89. The highest BCUT2D eigenvalue weighted by atomic mass is 16.5. The number of fused-ring (bicyclic) bond motifs is 2. The molecule has 29 heavy (non-hydrogen) atoms. The fraction of sp³-hybridized carbons (Fsp3) is 0.458. The Hall–Kier alpha value is -2.37. The Bertz CT molecular complexity index is 846. The molecule has 5 nitrogen and oxygen atoms in total. The molecule has 1 saturated heterocycles. The summed E-state index contributed by atoms with van der Waals surface area (Å²) >= 11 is 0. The zero-order chi connectivity index (χ0) is 20.2. The summed E-state index contributed by atoms with van der Waals surface area (Å²) in [6, 6.07) is 17.0. The number of rotatable bonds is 5. The van der Waals surface area contributed by atoms with Crippen molar-refractivity contribution in [3.05, 3.63) is 59.7 Å². The Labute approximate surface area is 173 Å². The minimum Gasteiger partial charge on any atom is -0.378 e. The number of ether oxygens (including phenoxy) is 1. The van der Waals surface area contributed by atoms with Crippen molar-refractivity contribution in [1.82, 2.24) is 9.80 Å². The lowest BCUT2D eigenvalue weighted by Crippen LogP contribution is -2.43. The van der Waals surface area contributed by atoms with Gasteiger partial charge in [0.2, 0.25) is 5.91 Å². The lowest BCUT2D eigenvalue weighted by molar-refractivity contribution is -0.136. The third-order valence-corrected chi connectivity index (χ3v) is 5.92. The lowest BCUT2D eigenvalue weighted by atomic mass is 9.90. The third-order valence-electron chi connectivity index (χ3n) is 5.92. The molecule has 0 bridgehead atoms. The summed E-state index contributed by atoms with van der Waals surface area (Å²) < 4.78 is 5.46. The van der Waals surface area contributed by atoms with Gasteiger partial charge in [-0.25, -0.2) is 0 Å².